The van der Waals surface area contributed by atoms with Crippen LogP contribution in [0.25, 0.3) is 0 Å². The monoisotopic (exact) mass is 352 g/mol. The first-order chi connectivity index (χ1) is 11.4. The number of urea groups is 1. The maximum Gasteiger partial charge on any atom is 0.320 e. The molecule has 1 heterocycles. The zero-order valence-corrected chi connectivity index (χ0v) is 14.9. The summed E-state index contributed by atoms with van der Waals surface area (Å²) in [5.41, 5.74) is 0.830. The number of carbonyl (C=O) groups excluding carboxylic acids is 1. The van der Waals surface area contributed by atoms with E-state index in [1.165, 1.54) is 24.2 Å². The van der Waals surface area contributed by atoms with Crippen LogP contribution in [-0.4, -0.2) is 52.2 Å². The van der Waals surface area contributed by atoms with Crippen LogP contribution < -0.4 is 10.6 Å². The third-order valence-corrected chi connectivity index (χ3v) is 5.61. The highest BCUT2D eigenvalue weighted by Crippen LogP contribution is 2.33. The van der Waals surface area contributed by atoms with Crippen molar-refractivity contribution in [3.8, 4) is 0 Å². The molecule has 3 rings (SSSR count). The van der Waals surface area contributed by atoms with Gasteiger partial charge in [-0.2, -0.15) is 0 Å². The summed E-state index contributed by atoms with van der Waals surface area (Å²) in [6, 6.07) is 0.163. The number of aryl methyl sites for hydroxylation is 2. The van der Waals surface area contributed by atoms with Crippen LogP contribution in [0.4, 0.5) is 9.80 Å². The van der Waals surface area contributed by atoms with E-state index in [4.69, 9.17) is 5.11 Å². The summed E-state index contributed by atoms with van der Waals surface area (Å²) in [6.45, 7) is 4.75. The first-order valence-corrected chi connectivity index (χ1v) is 9.19. The van der Waals surface area contributed by atoms with E-state index in [9.17, 15) is 9.59 Å². The molecule has 0 aromatic carbocycles. The highest BCUT2D eigenvalue weighted by molar-refractivity contribution is 7.16. The molecule has 0 saturated heterocycles. The lowest BCUT2D eigenvalue weighted by atomic mass is 9.85. The van der Waals surface area contributed by atoms with Gasteiger partial charge in [0.05, 0.1) is 17.2 Å². The van der Waals surface area contributed by atoms with E-state index < -0.39 is 5.97 Å². The largest absolute Gasteiger partial charge is 0.480 e. The van der Waals surface area contributed by atoms with Gasteiger partial charge >= 0.3 is 12.0 Å². The van der Waals surface area contributed by atoms with Crippen LogP contribution in [0.5, 0.6) is 0 Å². The molecule has 7 nitrogen and oxygen atoms in total. The van der Waals surface area contributed by atoms with Gasteiger partial charge in [0.1, 0.15) is 5.00 Å². The van der Waals surface area contributed by atoms with Gasteiger partial charge in [-0.1, -0.05) is 0 Å². The first kappa shape index (κ1) is 17.2. The standard InChI is InChI=1S/C16H24N4O3S/c1-9-15(24-10(2)17-9)19-16(23)18-12-5-13(6-12)20(8-14(21)22)7-11-3-4-11/h11-13H,3-8H2,1-2H3,(H,21,22)(H2,18,19,23). The van der Waals surface area contributed by atoms with Crippen molar-refractivity contribution in [1.82, 2.24) is 15.2 Å². The molecule has 2 aliphatic carbocycles. The van der Waals surface area contributed by atoms with Crippen LogP contribution in [0.3, 0.4) is 0 Å². The Morgan fingerprint density at radius 1 is 1.33 bits per heavy atom. The second kappa shape index (κ2) is 7.06. The van der Waals surface area contributed by atoms with Crippen LogP contribution in [0, 0.1) is 19.8 Å². The van der Waals surface area contributed by atoms with Crippen LogP contribution in [0.1, 0.15) is 36.4 Å². The molecule has 1 aromatic rings. The molecule has 2 amide bonds. The molecule has 1 aromatic heterocycles. The highest BCUT2D eigenvalue weighted by atomic mass is 32.1. The molecular weight excluding hydrogens is 328 g/mol. The molecule has 0 unspecified atom stereocenters. The van der Waals surface area contributed by atoms with Crippen molar-refractivity contribution in [3.05, 3.63) is 10.7 Å². The van der Waals surface area contributed by atoms with Gasteiger partial charge < -0.3 is 10.4 Å². The quantitative estimate of drug-likeness (QED) is 0.699. The summed E-state index contributed by atoms with van der Waals surface area (Å²) in [5, 5.41) is 16.6. The van der Waals surface area contributed by atoms with E-state index >= 15 is 0 Å². The molecule has 3 N–H and O–H groups in total. The Morgan fingerprint density at radius 2 is 2.04 bits per heavy atom. The fraction of sp³-hybridized carbons (Fsp3) is 0.688. The van der Waals surface area contributed by atoms with E-state index in [2.05, 4.69) is 20.5 Å². The third kappa shape index (κ3) is 4.45. The minimum atomic E-state index is -0.777. The summed E-state index contributed by atoms with van der Waals surface area (Å²) in [6.07, 6.45) is 4.04. The number of carbonyl (C=O) groups is 2. The summed E-state index contributed by atoms with van der Waals surface area (Å²) in [5.74, 6) is -0.113. The molecule has 8 heteroatoms. The van der Waals surface area contributed by atoms with E-state index in [0.29, 0.717) is 5.92 Å². The molecule has 24 heavy (non-hydrogen) atoms. The maximum atomic E-state index is 12.1. The first-order valence-electron chi connectivity index (χ1n) is 8.38. The van der Waals surface area contributed by atoms with Crippen LogP contribution >= 0.6 is 11.3 Å². The topological polar surface area (TPSA) is 94.6 Å². The number of rotatable bonds is 7. The fourth-order valence-corrected chi connectivity index (χ4v) is 3.94. The van der Waals surface area contributed by atoms with E-state index in [0.717, 1.165) is 35.1 Å². The smallest absolute Gasteiger partial charge is 0.320 e. The van der Waals surface area contributed by atoms with Crippen molar-refractivity contribution in [2.24, 2.45) is 5.92 Å². The lowest BCUT2D eigenvalue weighted by molar-refractivity contribution is -0.139. The molecule has 0 aliphatic heterocycles. The van der Waals surface area contributed by atoms with Gasteiger partial charge in [0, 0.05) is 18.6 Å². The van der Waals surface area contributed by atoms with Gasteiger partial charge in [0.2, 0.25) is 0 Å². The van der Waals surface area contributed by atoms with Crippen LogP contribution in [-0.2, 0) is 4.79 Å². The molecule has 0 spiro atoms. The Labute approximate surface area is 145 Å². The van der Waals surface area contributed by atoms with Crippen molar-refractivity contribution in [1.29, 1.82) is 0 Å². The zero-order chi connectivity index (χ0) is 17.3. The minimum absolute atomic E-state index is 0.0966. The van der Waals surface area contributed by atoms with Gasteiger partial charge in [-0.05, 0) is 45.4 Å². The summed E-state index contributed by atoms with van der Waals surface area (Å²) in [7, 11) is 0. The van der Waals surface area contributed by atoms with Crippen molar-refractivity contribution in [2.45, 2.75) is 51.6 Å². The summed E-state index contributed by atoms with van der Waals surface area (Å²) >= 11 is 1.46. The van der Waals surface area contributed by atoms with Gasteiger partial charge in [0.25, 0.3) is 0 Å². The predicted octanol–water partition coefficient (Wildman–Crippen LogP) is 2.21. The number of hydrogen-bond acceptors (Lipinski definition) is 5. The summed E-state index contributed by atoms with van der Waals surface area (Å²) in [4.78, 5) is 29.4. The molecule has 0 atom stereocenters. The number of anilines is 1. The number of nitrogens with one attached hydrogen (secondary N) is 2. The number of nitrogens with zero attached hydrogens (tertiary/aromatic N) is 2. The van der Waals surface area contributed by atoms with Crippen molar-refractivity contribution in [2.75, 3.05) is 18.4 Å². The molecule has 0 bridgehead atoms. The lowest BCUT2D eigenvalue weighted by Crippen LogP contribution is -2.55. The number of thiazole rings is 1. The molecule has 2 fully saturated rings. The number of hydrogen-bond donors (Lipinski definition) is 3. The minimum Gasteiger partial charge on any atom is -0.480 e. The van der Waals surface area contributed by atoms with Crippen molar-refractivity contribution in [3.63, 3.8) is 0 Å². The van der Waals surface area contributed by atoms with Gasteiger partial charge in [-0.15, -0.1) is 11.3 Å². The molecule has 132 valence electrons. The molecule has 2 aliphatic rings. The average Bonchev–Trinajstić information content (AvgIpc) is 3.18. The normalized spacial score (nSPS) is 23.0. The number of carboxylic acids is 1. The number of aromatic nitrogens is 1. The van der Waals surface area contributed by atoms with Crippen molar-refractivity contribution >= 4 is 28.3 Å². The number of carboxylic acid groups (broad SMARTS) is 1. The van der Waals surface area contributed by atoms with Gasteiger partial charge in [-0.3, -0.25) is 15.0 Å². The number of aliphatic carboxylic acids is 1. The Balaban J connectivity index is 1.44. The Hall–Kier alpha value is -1.67. The lowest BCUT2D eigenvalue weighted by Gasteiger charge is -2.42. The SMILES string of the molecule is Cc1nc(C)c(NC(=O)NC2CC(N(CC(=O)O)CC3CC3)C2)s1. The van der Waals surface area contributed by atoms with E-state index in [1.54, 1.807) is 0 Å². The Kier molecular flexibility index (Phi) is 5.05. The molecule has 0 radical (unpaired) electrons. The van der Waals surface area contributed by atoms with Gasteiger partial charge in [-0.25, -0.2) is 9.78 Å². The molecule has 2 saturated carbocycles. The van der Waals surface area contributed by atoms with Crippen LogP contribution in [0.15, 0.2) is 0 Å². The van der Waals surface area contributed by atoms with E-state index in [1.807, 2.05) is 13.8 Å². The predicted molar refractivity (Wildman–Crippen MR) is 92.5 cm³/mol. The molecular formula is C16H24N4O3S. The highest BCUT2D eigenvalue weighted by Gasteiger charge is 2.37. The zero-order valence-electron chi connectivity index (χ0n) is 14.0. The Morgan fingerprint density at radius 3 is 2.58 bits per heavy atom. The maximum absolute atomic E-state index is 12.1. The fourth-order valence-electron chi connectivity index (χ4n) is 3.12. The number of amides is 2. The van der Waals surface area contributed by atoms with Crippen molar-refractivity contribution < 1.29 is 14.7 Å². The average molecular weight is 352 g/mol. The third-order valence-electron chi connectivity index (χ3n) is 4.62. The van der Waals surface area contributed by atoms with Gasteiger partial charge in [0.15, 0.2) is 0 Å². The summed E-state index contributed by atoms with van der Waals surface area (Å²) < 4.78 is 0. The second-order valence-electron chi connectivity index (χ2n) is 6.83. The second-order valence-corrected chi connectivity index (χ2v) is 8.04. The Bertz CT molecular complexity index is 623. The van der Waals surface area contributed by atoms with E-state index in [-0.39, 0.29) is 24.7 Å². The van der Waals surface area contributed by atoms with Crippen LogP contribution in [0.2, 0.25) is 0 Å².